The summed E-state index contributed by atoms with van der Waals surface area (Å²) in [6.45, 7) is 0.489. The number of hydrogen-bond donors (Lipinski definition) is 8. The van der Waals surface area contributed by atoms with E-state index in [-0.39, 0.29) is 42.6 Å². The quantitative estimate of drug-likeness (QED) is 0.0313. The molecular weight excluding hydrogens is 847 g/mol. The van der Waals surface area contributed by atoms with Crippen LogP contribution in [-0.4, -0.2) is 116 Å². The van der Waals surface area contributed by atoms with Crippen molar-refractivity contribution in [1.82, 2.24) is 10.2 Å². The Hall–Kier alpha value is -5.47. The standard InChI is InChI=1S/C44H54FN3O9.C2HF3O2/c1-57-35-20-14-32(15-21-35)41-36(22-23-37(50)31-12-16-33(45)17-13-31)44(56)48(41)34-18-10-29(11-19-34)25-46-40(53)9-5-6-24-47(26-30-7-3-2-4-8-30)27-38(51)42(54)43(55)39(52)28-49;3-2(4,5)1(6)7/h2-4,7-8,10-21,36-39,41-43,49-52,54-55H,5-6,9,22-28H2,1H3,(H,46,53);(H,6,7). The molecule has 1 aliphatic rings. The van der Waals surface area contributed by atoms with Crippen molar-refractivity contribution in [3.63, 3.8) is 0 Å². The van der Waals surface area contributed by atoms with E-state index in [0.29, 0.717) is 62.3 Å². The predicted molar refractivity (Wildman–Crippen MR) is 226 cm³/mol. The third kappa shape index (κ3) is 15.1. The number of anilines is 1. The number of carbonyl (C=O) groups is 3. The van der Waals surface area contributed by atoms with Gasteiger partial charge in [-0.25, -0.2) is 9.18 Å². The molecule has 4 aromatic carbocycles. The third-order valence-corrected chi connectivity index (χ3v) is 10.8. The molecule has 7 atom stereocenters. The summed E-state index contributed by atoms with van der Waals surface area (Å²) in [5, 5.41) is 70.7. The zero-order valence-corrected chi connectivity index (χ0v) is 35.1. The van der Waals surface area contributed by atoms with E-state index in [9.17, 15) is 52.7 Å². The second-order valence-corrected chi connectivity index (χ2v) is 15.4. The van der Waals surface area contributed by atoms with Crippen LogP contribution in [0.4, 0.5) is 23.2 Å². The van der Waals surface area contributed by atoms with E-state index >= 15 is 0 Å². The Morgan fingerprint density at radius 3 is 2.02 bits per heavy atom. The summed E-state index contributed by atoms with van der Waals surface area (Å²) in [5.41, 5.74) is 4.07. The zero-order chi connectivity index (χ0) is 47.0. The van der Waals surface area contributed by atoms with Gasteiger partial charge >= 0.3 is 12.1 Å². The lowest BCUT2D eigenvalue weighted by molar-refractivity contribution is -0.192. The van der Waals surface area contributed by atoms with Gasteiger partial charge in [-0.3, -0.25) is 14.5 Å². The number of nitrogens with one attached hydrogen (secondary N) is 1. The van der Waals surface area contributed by atoms with Gasteiger partial charge in [-0.15, -0.1) is 0 Å². The van der Waals surface area contributed by atoms with Crippen molar-refractivity contribution in [2.24, 2.45) is 5.92 Å². The number of carboxylic acids is 1. The van der Waals surface area contributed by atoms with Crippen molar-refractivity contribution >= 4 is 23.5 Å². The first-order valence-corrected chi connectivity index (χ1v) is 20.6. The number of ether oxygens (including phenoxy) is 1. The van der Waals surface area contributed by atoms with Gasteiger partial charge in [0.25, 0.3) is 0 Å². The number of aliphatic carboxylic acids is 1. The first kappa shape index (κ1) is 51.2. The number of hydrogen-bond acceptors (Lipinski definition) is 11. The average molecular weight is 902 g/mol. The Morgan fingerprint density at radius 2 is 1.44 bits per heavy atom. The maximum absolute atomic E-state index is 13.6. The zero-order valence-electron chi connectivity index (χ0n) is 35.1. The van der Waals surface area contributed by atoms with Gasteiger partial charge in [0.15, 0.2) is 0 Å². The van der Waals surface area contributed by atoms with Crippen molar-refractivity contribution in [1.29, 1.82) is 0 Å². The van der Waals surface area contributed by atoms with Crippen LogP contribution >= 0.6 is 0 Å². The molecule has 8 N–H and O–H groups in total. The molecule has 2 amide bonds. The fraction of sp³-hybridized carbons (Fsp3) is 0.413. The van der Waals surface area contributed by atoms with Gasteiger partial charge in [0.2, 0.25) is 11.8 Å². The van der Waals surface area contributed by atoms with Crippen LogP contribution in [0.15, 0.2) is 103 Å². The Bertz CT molecular complexity index is 2050. The minimum Gasteiger partial charge on any atom is -0.497 e. The SMILES string of the molecule is COc1ccc(C2C(CCC(O)c3ccc(F)cc3)C(=O)N2c2ccc(CNC(=O)CCCCN(Cc3ccccc3)CC(O)C(O)C(O)C(O)CO)cc2)cc1.O=C(O)C(F)(F)F. The fourth-order valence-corrected chi connectivity index (χ4v) is 7.19. The summed E-state index contributed by atoms with van der Waals surface area (Å²) >= 11 is 0. The monoisotopic (exact) mass is 901 g/mol. The molecule has 14 nitrogen and oxygen atoms in total. The van der Waals surface area contributed by atoms with E-state index in [1.807, 2.05) is 83.8 Å². The van der Waals surface area contributed by atoms with Gasteiger partial charge in [-0.05, 0) is 90.9 Å². The number of nitrogens with zero attached hydrogens (tertiary/aromatic N) is 2. The summed E-state index contributed by atoms with van der Waals surface area (Å²) in [6.07, 6.45) is -10.0. The predicted octanol–water partition coefficient (Wildman–Crippen LogP) is 4.41. The van der Waals surface area contributed by atoms with E-state index in [4.69, 9.17) is 19.7 Å². The summed E-state index contributed by atoms with van der Waals surface area (Å²) in [5.74, 6) is -3.00. The van der Waals surface area contributed by atoms with Crippen molar-refractivity contribution in [2.75, 3.05) is 31.7 Å². The molecule has 0 aliphatic carbocycles. The Labute approximate surface area is 368 Å². The van der Waals surface area contributed by atoms with Crippen LogP contribution in [0, 0.1) is 11.7 Å². The average Bonchev–Trinajstić information content (AvgIpc) is 3.28. The molecular formula is C46H55F4N3O11. The Morgan fingerprint density at radius 1 is 0.828 bits per heavy atom. The van der Waals surface area contributed by atoms with Gasteiger partial charge in [0.1, 0.15) is 29.9 Å². The highest BCUT2D eigenvalue weighted by Crippen LogP contribution is 2.46. The second kappa shape index (κ2) is 24.6. The summed E-state index contributed by atoms with van der Waals surface area (Å²) < 4.78 is 50.5. The molecule has 4 aromatic rings. The van der Waals surface area contributed by atoms with Crippen molar-refractivity contribution in [3.8, 4) is 5.75 Å². The maximum Gasteiger partial charge on any atom is 0.490 e. The lowest BCUT2D eigenvalue weighted by Gasteiger charge is -2.48. The first-order valence-electron chi connectivity index (χ1n) is 20.6. The van der Waals surface area contributed by atoms with Crippen LogP contribution in [-0.2, 0) is 27.5 Å². The van der Waals surface area contributed by atoms with Crippen molar-refractivity contribution < 1.29 is 72.4 Å². The van der Waals surface area contributed by atoms with Gasteiger partial charge in [0.05, 0.1) is 37.9 Å². The molecule has 5 rings (SSSR count). The Kier molecular flexibility index (Phi) is 19.6. The minimum absolute atomic E-state index is 0.00136. The molecule has 0 spiro atoms. The molecule has 1 fully saturated rings. The summed E-state index contributed by atoms with van der Waals surface area (Å²) in [4.78, 5) is 39.0. The lowest BCUT2D eigenvalue weighted by Crippen LogP contribution is -2.55. The number of methoxy groups -OCH3 is 1. The lowest BCUT2D eigenvalue weighted by atomic mass is 9.78. The molecule has 64 heavy (non-hydrogen) atoms. The van der Waals surface area contributed by atoms with Gasteiger partial charge in [-0.2, -0.15) is 13.2 Å². The molecule has 0 radical (unpaired) electrons. The van der Waals surface area contributed by atoms with E-state index < -0.39 is 49.3 Å². The normalized spacial score (nSPS) is 17.3. The largest absolute Gasteiger partial charge is 0.497 e. The number of unbranched alkanes of at least 4 members (excludes halogenated alkanes) is 1. The minimum atomic E-state index is -5.08. The van der Waals surface area contributed by atoms with Gasteiger partial charge in [-0.1, -0.05) is 66.7 Å². The van der Waals surface area contributed by atoms with Crippen molar-refractivity contribution in [2.45, 2.75) is 87.9 Å². The fourth-order valence-electron chi connectivity index (χ4n) is 7.19. The third-order valence-electron chi connectivity index (χ3n) is 10.8. The molecule has 0 saturated carbocycles. The molecule has 0 bridgehead atoms. The topological polar surface area (TPSA) is 221 Å². The van der Waals surface area contributed by atoms with Gasteiger partial charge < -0.3 is 50.7 Å². The molecule has 1 aliphatic heterocycles. The first-order chi connectivity index (χ1) is 30.4. The maximum atomic E-state index is 13.6. The highest BCUT2D eigenvalue weighted by Gasteiger charge is 2.48. The van der Waals surface area contributed by atoms with Crippen LogP contribution in [0.1, 0.15) is 66.5 Å². The number of β-lactam (4-membered cyclic amide) rings is 1. The molecule has 1 heterocycles. The highest BCUT2D eigenvalue weighted by molar-refractivity contribution is 6.03. The Balaban J connectivity index is 0.00000118. The number of carboxylic acid groups (broad SMARTS) is 1. The van der Waals surface area contributed by atoms with Crippen LogP contribution in [0.5, 0.6) is 5.75 Å². The second-order valence-electron chi connectivity index (χ2n) is 15.4. The van der Waals surface area contributed by atoms with E-state index in [0.717, 1.165) is 16.7 Å². The smallest absolute Gasteiger partial charge is 0.490 e. The van der Waals surface area contributed by atoms with Gasteiger partial charge in [0, 0.05) is 31.7 Å². The summed E-state index contributed by atoms with van der Waals surface area (Å²) in [6, 6.07) is 30.0. The van der Waals surface area contributed by atoms with E-state index in [1.165, 1.54) is 12.1 Å². The number of benzene rings is 4. The number of carbonyl (C=O) groups excluding carboxylic acids is 2. The number of alkyl halides is 3. The van der Waals surface area contributed by atoms with Crippen LogP contribution < -0.4 is 15.0 Å². The number of rotatable bonds is 22. The molecule has 18 heteroatoms. The van der Waals surface area contributed by atoms with Crippen LogP contribution in [0.2, 0.25) is 0 Å². The highest BCUT2D eigenvalue weighted by atomic mass is 19.4. The van der Waals surface area contributed by atoms with E-state index in [2.05, 4.69) is 5.32 Å². The number of halogens is 4. The van der Waals surface area contributed by atoms with Crippen LogP contribution in [0.3, 0.4) is 0 Å². The molecule has 348 valence electrons. The molecule has 0 aromatic heterocycles. The summed E-state index contributed by atoms with van der Waals surface area (Å²) in [7, 11) is 1.59. The van der Waals surface area contributed by atoms with Crippen LogP contribution in [0.25, 0.3) is 0 Å². The number of amides is 2. The van der Waals surface area contributed by atoms with E-state index in [1.54, 1.807) is 24.1 Å². The number of aliphatic hydroxyl groups excluding tert-OH is 6. The number of aliphatic hydroxyl groups is 6. The van der Waals surface area contributed by atoms with Crippen molar-refractivity contribution in [3.05, 3.63) is 131 Å². The molecule has 7 unspecified atom stereocenters. The molecule has 1 saturated heterocycles.